The molecule has 3 nitrogen and oxygen atoms in total. The first kappa shape index (κ1) is 13.0. The van der Waals surface area contributed by atoms with Crippen LogP contribution in [-0.2, 0) is 6.54 Å². The molecule has 1 saturated carbocycles. The zero-order valence-corrected chi connectivity index (χ0v) is 11.5. The third kappa shape index (κ3) is 3.76. The zero-order valence-electron chi connectivity index (χ0n) is 10.7. The number of aromatic nitrogens is 1. The molecule has 2 unspecified atom stereocenters. The van der Waals surface area contributed by atoms with Gasteiger partial charge in [0.05, 0.1) is 16.8 Å². The summed E-state index contributed by atoms with van der Waals surface area (Å²) < 4.78 is 0. The smallest absolute Gasteiger partial charge is 0.0897 e. The molecule has 17 heavy (non-hydrogen) atoms. The van der Waals surface area contributed by atoms with Crippen molar-refractivity contribution in [1.29, 1.82) is 0 Å². The van der Waals surface area contributed by atoms with E-state index in [1.165, 1.54) is 19.3 Å². The number of hydrogen-bond donors (Lipinski definition) is 1. The molecule has 2 rings (SSSR count). The lowest BCUT2D eigenvalue weighted by Crippen LogP contribution is -2.34. The Bertz CT molecular complexity index is 353. The van der Waals surface area contributed by atoms with Crippen molar-refractivity contribution < 1.29 is 5.11 Å². The van der Waals surface area contributed by atoms with Crippen LogP contribution in [0.1, 0.15) is 36.4 Å². The van der Waals surface area contributed by atoms with Crippen molar-refractivity contribution in [1.82, 2.24) is 9.88 Å². The van der Waals surface area contributed by atoms with E-state index in [4.69, 9.17) is 0 Å². The molecule has 0 aliphatic heterocycles. The summed E-state index contributed by atoms with van der Waals surface area (Å²) >= 11 is 1.71. The van der Waals surface area contributed by atoms with E-state index >= 15 is 0 Å². The Morgan fingerprint density at radius 2 is 2.24 bits per heavy atom. The van der Waals surface area contributed by atoms with Gasteiger partial charge in [-0.05, 0) is 32.7 Å². The quantitative estimate of drug-likeness (QED) is 0.896. The predicted molar refractivity (Wildman–Crippen MR) is 71.1 cm³/mol. The molecule has 1 N–H and O–H groups in total. The van der Waals surface area contributed by atoms with Gasteiger partial charge in [0.2, 0.25) is 0 Å². The average molecular weight is 254 g/mol. The van der Waals surface area contributed by atoms with E-state index in [0.717, 1.165) is 30.2 Å². The van der Waals surface area contributed by atoms with Crippen LogP contribution in [0.25, 0.3) is 0 Å². The maximum absolute atomic E-state index is 9.95. The second kappa shape index (κ2) is 5.94. The van der Waals surface area contributed by atoms with Crippen molar-refractivity contribution in [3.05, 3.63) is 16.1 Å². The highest BCUT2D eigenvalue weighted by molar-refractivity contribution is 7.09. The summed E-state index contributed by atoms with van der Waals surface area (Å²) in [6.45, 7) is 3.92. The fourth-order valence-corrected chi connectivity index (χ4v) is 3.23. The first-order chi connectivity index (χ1) is 8.15. The molecule has 1 aromatic heterocycles. The SMILES string of the molecule is Cc1nc(CN(C)CC2CCCCC2O)cs1. The molecule has 1 fully saturated rings. The highest BCUT2D eigenvalue weighted by Gasteiger charge is 2.24. The minimum atomic E-state index is -0.0941. The van der Waals surface area contributed by atoms with E-state index < -0.39 is 0 Å². The van der Waals surface area contributed by atoms with Gasteiger partial charge in [-0.2, -0.15) is 0 Å². The highest BCUT2D eigenvalue weighted by Crippen LogP contribution is 2.25. The number of aliphatic hydroxyl groups excluding tert-OH is 1. The molecule has 1 heterocycles. The second-order valence-corrected chi connectivity index (χ2v) is 6.23. The lowest BCUT2D eigenvalue weighted by molar-refractivity contribution is 0.0500. The van der Waals surface area contributed by atoms with Crippen LogP contribution in [0.5, 0.6) is 0 Å². The van der Waals surface area contributed by atoms with Crippen LogP contribution in [0.2, 0.25) is 0 Å². The monoisotopic (exact) mass is 254 g/mol. The summed E-state index contributed by atoms with van der Waals surface area (Å²) in [5, 5.41) is 13.2. The van der Waals surface area contributed by atoms with E-state index in [9.17, 15) is 5.11 Å². The third-order valence-electron chi connectivity index (χ3n) is 3.51. The van der Waals surface area contributed by atoms with Crippen molar-refractivity contribution in [2.45, 2.75) is 45.3 Å². The van der Waals surface area contributed by atoms with Gasteiger partial charge in [0.15, 0.2) is 0 Å². The van der Waals surface area contributed by atoms with E-state index in [1.807, 2.05) is 6.92 Å². The standard InChI is InChI=1S/C13H22N2OS/c1-10-14-12(9-17-10)8-15(2)7-11-5-3-4-6-13(11)16/h9,11,13,16H,3-8H2,1-2H3. The van der Waals surface area contributed by atoms with Gasteiger partial charge in [-0.3, -0.25) is 0 Å². The fourth-order valence-electron chi connectivity index (χ4n) is 2.62. The number of rotatable bonds is 4. The van der Waals surface area contributed by atoms with Crippen molar-refractivity contribution in [2.75, 3.05) is 13.6 Å². The molecular formula is C13H22N2OS. The first-order valence-electron chi connectivity index (χ1n) is 6.43. The summed E-state index contributed by atoms with van der Waals surface area (Å²) in [5.41, 5.74) is 1.15. The molecule has 0 aromatic carbocycles. The Balaban J connectivity index is 1.82. The lowest BCUT2D eigenvalue weighted by Gasteiger charge is -2.30. The van der Waals surface area contributed by atoms with Gasteiger partial charge in [0.1, 0.15) is 0 Å². The maximum atomic E-state index is 9.95. The Kier molecular flexibility index (Phi) is 4.54. The molecular weight excluding hydrogens is 232 g/mol. The molecule has 0 saturated heterocycles. The molecule has 96 valence electrons. The molecule has 1 aliphatic rings. The summed E-state index contributed by atoms with van der Waals surface area (Å²) in [4.78, 5) is 6.76. The molecule has 1 aromatic rings. The topological polar surface area (TPSA) is 36.4 Å². The van der Waals surface area contributed by atoms with Gasteiger partial charge in [0, 0.05) is 18.5 Å². The zero-order chi connectivity index (χ0) is 12.3. The van der Waals surface area contributed by atoms with E-state index in [1.54, 1.807) is 11.3 Å². The Labute approximate surface area is 107 Å². The Morgan fingerprint density at radius 1 is 1.47 bits per heavy atom. The Morgan fingerprint density at radius 3 is 2.88 bits per heavy atom. The molecule has 2 atom stereocenters. The number of thiazole rings is 1. The summed E-state index contributed by atoms with van der Waals surface area (Å²) in [7, 11) is 2.12. The molecule has 0 radical (unpaired) electrons. The maximum Gasteiger partial charge on any atom is 0.0897 e. The van der Waals surface area contributed by atoms with E-state index in [0.29, 0.717) is 5.92 Å². The third-order valence-corrected chi connectivity index (χ3v) is 4.34. The van der Waals surface area contributed by atoms with Gasteiger partial charge in [-0.25, -0.2) is 4.98 Å². The second-order valence-electron chi connectivity index (χ2n) is 5.17. The number of nitrogens with zero attached hydrogens (tertiary/aromatic N) is 2. The van der Waals surface area contributed by atoms with E-state index in [-0.39, 0.29) is 6.10 Å². The van der Waals surface area contributed by atoms with Crippen LogP contribution < -0.4 is 0 Å². The molecule has 0 spiro atoms. The minimum absolute atomic E-state index is 0.0941. The van der Waals surface area contributed by atoms with Gasteiger partial charge in [0.25, 0.3) is 0 Å². The number of aryl methyl sites for hydroxylation is 1. The van der Waals surface area contributed by atoms with Gasteiger partial charge >= 0.3 is 0 Å². The summed E-state index contributed by atoms with van der Waals surface area (Å²) in [6.07, 6.45) is 4.51. The normalized spacial score (nSPS) is 25.4. The van der Waals surface area contributed by atoms with Crippen molar-refractivity contribution in [2.24, 2.45) is 5.92 Å². The van der Waals surface area contributed by atoms with E-state index in [2.05, 4.69) is 22.3 Å². The predicted octanol–water partition coefficient (Wildman–Crippen LogP) is 2.43. The van der Waals surface area contributed by atoms with Crippen molar-refractivity contribution in [3.8, 4) is 0 Å². The molecule has 1 aliphatic carbocycles. The largest absolute Gasteiger partial charge is 0.393 e. The molecule has 0 amide bonds. The van der Waals surface area contributed by atoms with Gasteiger partial charge < -0.3 is 10.0 Å². The molecule has 0 bridgehead atoms. The summed E-state index contributed by atoms with van der Waals surface area (Å²) in [6, 6.07) is 0. The van der Waals surface area contributed by atoms with Crippen LogP contribution >= 0.6 is 11.3 Å². The lowest BCUT2D eigenvalue weighted by atomic mass is 9.86. The average Bonchev–Trinajstić information content (AvgIpc) is 2.67. The fraction of sp³-hybridized carbons (Fsp3) is 0.769. The van der Waals surface area contributed by atoms with Crippen molar-refractivity contribution in [3.63, 3.8) is 0 Å². The van der Waals surface area contributed by atoms with Gasteiger partial charge in [-0.1, -0.05) is 12.8 Å². The number of hydrogen-bond acceptors (Lipinski definition) is 4. The Hall–Kier alpha value is -0.450. The van der Waals surface area contributed by atoms with Crippen LogP contribution in [0.4, 0.5) is 0 Å². The highest BCUT2D eigenvalue weighted by atomic mass is 32.1. The number of aliphatic hydroxyl groups is 1. The first-order valence-corrected chi connectivity index (χ1v) is 7.30. The van der Waals surface area contributed by atoms with Crippen molar-refractivity contribution >= 4 is 11.3 Å². The van der Waals surface area contributed by atoms with Crippen LogP contribution in [0.3, 0.4) is 0 Å². The van der Waals surface area contributed by atoms with Gasteiger partial charge in [-0.15, -0.1) is 11.3 Å². The summed E-state index contributed by atoms with van der Waals surface area (Å²) in [5.74, 6) is 0.452. The van der Waals surface area contributed by atoms with Crippen LogP contribution in [0.15, 0.2) is 5.38 Å². The molecule has 4 heteroatoms. The van der Waals surface area contributed by atoms with Crippen LogP contribution in [0, 0.1) is 12.8 Å². The minimum Gasteiger partial charge on any atom is -0.393 e. The van der Waals surface area contributed by atoms with Crippen LogP contribution in [-0.4, -0.2) is 34.7 Å².